The predicted octanol–water partition coefficient (Wildman–Crippen LogP) is 5.90. The zero-order valence-electron chi connectivity index (χ0n) is 21.5. The molecule has 7 heteroatoms. The molecule has 1 amide bonds. The van der Waals surface area contributed by atoms with E-state index in [-0.39, 0.29) is 17.1 Å². The van der Waals surface area contributed by atoms with Crippen LogP contribution in [0.4, 0.5) is 5.69 Å². The summed E-state index contributed by atoms with van der Waals surface area (Å²) in [5.74, 6) is 1.78. The Hall–Kier alpha value is -4.26. The van der Waals surface area contributed by atoms with Crippen molar-refractivity contribution in [3.05, 3.63) is 93.3 Å². The standard InChI is InChI=1S/C30H29NO6/c1-17(2)16-36-24-13-7-19(15-25(24)35-5)27-26-28(32)22-14-18(3)6-12-23(22)37-29(26)30(33)31(27)20-8-10-21(34-4)11-9-20/h6-15,17,27H,16H2,1-5H3. The number of methoxy groups -OCH3 is 2. The Balaban J connectivity index is 1.72. The molecule has 0 fully saturated rings. The molecule has 190 valence electrons. The van der Waals surface area contributed by atoms with E-state index < -0.39 is 6.04 Å². The van der Waals surface area contributed by atoms with Gasteiger partial charge in [-0.3, -0.25) is 14.5 Å². The van der Waals surface area contributed by atoms with E-state index in [1.165, 1.54) is 0 Å². The van der Waals surface area contributed by atoms with Gasteiger partial charge >= 0.3 is 0 Å². The number of fused-ring (bicyclic) bond motifs is 2. The van der Waals surface area contributed by atoms with E-state index in [1.807, 2.05) is 31.2 Å². The SMILES string of the molecule is COc1ccc(N2C(=O)c3oc4ccc(C)cc4c(=O)c3C2c2ccc(OCC(C)C)c(OC)c2)cc1. The number of hydrogen-bond acceptors (Lipinski definition) is 6. The van der Waals surface area contributed by atoms with Crippen molar-refractivity contribution in [2.45, 2.75) is 26.8 Å². The van der Waals surface area contributed by atoms with Crippen molar-refractivity contribution in [3.8, 4) is 17.2 Å². The summed E-state index contributed by atoms with van der Waals surface area (Å²) in [6.07, 6.45) is 0. The number of carbonyl (C=O) groups excluding carboxylic acids is 1. The maximum Gasteiger partial charge on any atom is 0.295 e. The van der Waals surface area contributed by atoms with Crippen molar-refractivity contribution in [1.82, 2.24) is 0 Å². The van der Waals surface area contributed by atoms with Crippen molar-refractivity contribution < 1.29 is 23.4 Å². The van der Waals surface area contributed by atoms with Crippen LogP contribution >= 0.6 is 0 Å². The van der Waals surface area contributed by atoms with Crippen LogP contribution in [0.15, 0.2) is 69.9 Å². The molecule has 2 heterocycles. The van der Waals surface area contributed by atoms with Gasteiger partial charge in [0, 0.05) is 5.69 Å². The van der Waals surface area contributed by atoms with Crippen molar-refractivity contribution >= 4 is 22.6 Å². The largest absolute Gasteiger partial charge is 0.497 e. The fourth-order valence-electron chi connectivity index (χ4n) is 4.64. The first-order chi connectivity index (χ1) is 17.8. The Kier molecular flexibility index (Phi) is 6.38. The second kappa shape index (κ2) is 9.65. The average molecular weight is 500 g/mol. The maximum atomic E-state index is 13.9. The monoisotopic (exact) mass is 499 g/mol. The lowest BCUT2D eigenvalue weighted by molar-refractivity contribution is 0.0971. The van der Waals surface area contributed by atoms with Gasteiger partial charge in [0.15, 0.2) is 16.9 Å². The van der Waals surface area contributed by atoms with Crippen LogP contribution in [-0.4, -0.2) is 26.7 Å². The summed E-state index contributed by atoms with van der Waals surface area (Å²) < 4.78 is 22.9. The molecule has 0 spiro atoms. The number of benzene rings is 3. The summed E-state index contributed by atoms with van der Waals surface area (Å²) in [6, 6.07) is 17.3. The lowest BCUT2D eigenvalue weighted by Crippen LogP contribution is -2.29. The second-order valence-corrected chi connectivity index (χ2v) is 9.56. The van der Waals surface area contributed by atoms with E-state index >= 15 is 0 Å². The Labute approximate surface area is 215 Å². The molecule has 7 nitrogen and oxygen atoms in total. The Morgan fingerprint density at radius 2 is 1.68 bits per heavy atom. The molecule has 37 heavy (non-hydrogen) atoms. The van der Waals surface area contributed by atoms with Crippen molar-refractivity contribution in [2.24, 2.45) is 5.92 Å². The Morgan fingerprint density at radius 1 is 0.919 bits per heavy atom. The van der Waals surface area contributed by atoms with Gasteiger partial charge in [-0.25, -0.2) is 0 Å². The third-order valence-corrected chi connectivity index (χ3v) is 6.45. The molecule has 0 saturated heterocycles. The number of rotatable bonds is 7. The van der Waals surface area contributed by atoms with Gasteiger partial charge in [0.2, 0.25) is 5.76 Å². The predicted molar refractivity (Wildman–Crippen MR) is 142 cm³/mol. The van der Waals surface area contributed by atoms with Gasteiger partial charge in [0.05, 0.1) is 37.8 Å². The van der Waals surface area contributed by atoms with Gasteiger partial charge in [-0.15, -0.1) is 0 Å². The first kappa shape index (κ1) is 24.4. The van der Waals surface area contributed by atoms with Gasteiger partial charge in [-0.2, -0.15) is 0 Å². The molecule has 1 unspecified atom stereocenters. The van der Waals surface area contributed by atoms with Crippen molar-refractivity contribution in [1.29, 1.82) is 0 Å². The zero-order chi connectivity index (χ0) is 26.3. The first-order valence-electron chi connectivity index (χ1n) is 12.2. The van der Waals surface area contributed by atoms with Crippen LogP contribution in [0.2, 0.25) is 0 Å². The zero-order valence-corrected chi connectivity index (χ0v) is 21.5. The molecular weight excluding hydrogens is 470 g/mol. The number of nitrogens with zero attached hydrogens (tertiary/aromatic N) is 1. The van der Waals surface area contributed by atoms with Crippen LogP contribution in [0.1, 0.15) is 47.1 Å². The molecular formula is C30H29NO6. The topological polar surface area (TPSA) is 78.2 Å². The highest BCUT2D eigenvalue weighted by molar-refractivity contribution is 6.10. The molecule has 0 bridgehead atoms. The number of ether oxygens (including phenoxy) is 3. The molecule has 5 rings (SSSR count). The van der Waals surface area contributed by atoms with E-state index in [1.54, 1.807) is 55.5 Å². The van der Waals surface area contributed by atoms with Gasteiger partial charge in [0.25, 0.3) is 5.91 Å². The third kappa shape index (κ3) is 4.31. The van der Waals surface area contributed by atoms with E-state index in [2.05, 4.69) is 13.8 Å². The Morgan fingerprint density at radius 3 is 2.35 bits per heavy atom. The maximum absolute atomic E-state index is 13.9. The summed E-state index contributed by atoms with van der Waals surface area (Å²) in [7, 11) is 3.15. The molecule has 0 saturated carbocycles. The summed E-state index contributed by atoms with van der Waals surface area (Å²) >= 11 is 0. The van der Waals surface area contributed by atoms with Crippen LogP contribution in [0, 0.1) is 12.8 Å². The molecule has 4 aromatic rings. The highest BCUT2D eigenvalue weighted by Crippen LogP contribution is 2.43. The normalized spacial score (nSPS) is 14.8. The molecule has 1 atom stereocenters. The smallest absolute Gasteiger partial charge is 0.295 e. The van der Waals surface area contributed by atoms with Crippen LogP contribution < -0.4 is 24.5 Å². The Bertz CT molecular complexity index is 1540. The summed E-state index contributed by atoms with van der Waals surface area (Å²) in [4.78, 5) is 29.3. The summed E-state index contributed by atoms with van der Waals surface area (Å²) in [6.45, 7) is 6.59. The highest BCUT2D eigenvalue weighted by Gasteiger charge is 2.44. The molecule has 0 N–H and O–H groups in total. The highest BCUT2D eigenvalue weighted by atomic mass is 16.5. The van der Waals surface area contributed by atoms with Crippen LogP contribution in [0.5, 0.6) is 17.2 Å². The summed E-state index contributed by atoms with van der Waals surface area (Å²) in [5.41, 5.74) is 2.70. The first-order valence-corrected chi connectivity index (χ1v) is 12.2. The van der Waals surface area contributed by atoms with E-state index in [0.29, 0.717) is 57.6 Å². The minimum Gasteiger partial charge on any atom is -0.497 e. The fourth-order valence-corrected chi connectivity index (χ4v) is 4.64. The van der Waals surface area contributed by atoms with E-state index in [0.717, 1.165) is 5.56 Å². The van der Waals surface area contributed by atoms with Crippen LogP contribution in [0.3, 0.4) is 0 Å². The molecule has 0 aliphatic carbocycles. The number of carbonyl (C=O) groups is 1. The quantitative estimate of drug-likeness (QED) is 0.315. The number of aryl methyl sites for hydroxylation is 1. The van der Waals surface area contributed by atoms with E-state index in [4.69, 9.17) is 18.6 Å². The minimum atomic E-state index is -0.717. The molecule has 3 aromatic carbocycles. The lowest BCUT2D eigenvalue weighted by atomic mass is 9.97. The van der Waals surface area contributed by atoms with Gasteiger partial charge < -0.3 is 18.6 Å². The number of amides is 1. The van der Waals surface area contributed by atoms with Crippen LogP contribution in [0.25, 0.3) is 11.0 Å². The van der Waals surface area contributed by atoms with Crippen LogP contribution in [-0.2, 0) is 0 Å². The fraction of sp³-hybridized carbons (Fsp3) is 0.267. The van der Waals surface area contributed by atoms with Gasteiger partial charge in [0.1, 0.15) is 11.3 Å². The van der Waals surface area contributed by atoms with Crippen molar-refractivity contribution in [2.75, 3.05) is 25.7 Å². The van der Waals surface area contributed by atoms with E-state index in [9.17, 15) is 9.59 Å². The second-order valence-electron chi connectivity index (χ2n) is 9.56. The average Bonchev–Trinajstić information content (AvgIpc) is 3.20. The molecule has 1 aromatic heterocycles. The molecule has 1 aliphatic rings. The number of anilines is 1. The molecule has 1 aliphatic heterocycles. The number of hydrogen-bond donors (Lipinski definition) is 0. The third-order valence-electron chi connectivity index (χ3n) is 6.45. The summed E-state index contributed by atoms with van der Waals surface area (Å²) in [5, 5.41) is 0.442. The molecule has 0 radical (unpaired) electrons. The minimum absolute atomic E-state index is 0.0428. The lowest BCUT2D eigenvalue weighted by Gasteiger charge is -2.26. The van der Waals surface area contributed by atoms with Gasteiger partial charge in [-0.1, -0.05) is 31.5 Å². The van der Waals surface area contributed by atoms with Gasteiger partial charge in [-0.05, 0) is 66.9 Å². The van der Waals surface area contributed by atoms with Crippen molar-refractivity contribution in [3.63, 3.8) is 0 Å².